The molecule has 0 spiro atoms. The van der Waals surface area contributed by atoms with Gasteiger partial charge in [-0.05, 0) is 74.9 Å². The van der Waals surface area contributed by atoms with Gasteiger partial charge in [0.25, 0.3) is 5.56 Å². The molecular weight excluding hydrogens is 380 g/mol. The highest BCUT2D eigenvalue weighted by Gasteiger charge is 2.17. The maximum absolute atomic E-state index is 12.7. The molecule has 3 rings (SSSR count). The van der Waals surface area contributed by atoms with Gasteiger partial charge in [-0.2, -0.15) is 5.26 Å². The average Bonchev–Trinajstić information content (AvgIpc) is 2.75. The van der Waals surface area contributed by atoms with E-state index < -0.39 is 5.56 Å². The summed E-state index contributed by atoms with van der Waals surface area (Å²) in [5, 5.41) is 9.65. The number of hydrogen-bond donors (Lipinski definition) is 1. The Hall–Kier alpha value is -3.72. The van der Waals surface area contributed by atoms with Crippen LogP contribution in [0, 0.1) is 11.3 Å². The molecule has 6 heteroatoms. The van der Waals surface area contributed by atoms with Gasteiger partial charge < -0.3 is 19.2 Å². The van der Waals surface area contributed by atoms with Gasteiger partial charge in [-0.3, -0.25) is 4.79 Å². The van der Waals surface area contributed by atoms with Crippen LogP contribution in [0.15, 0.2) is 53.3 Å². The number of nitrogens with zero attached hydrogens (tertiary/aromatic N) is 1. The molecule has 3 aromatic rings. The van der Waals surface area contributed by atoms with Gasteiger partial charge in [0.1, 0.15) is 28.9 Å². The highest BCUT2D eigenvalue weighted by molar-refractivity contribution is 5.80. The predicted octanol–water partition coefficient (Wildman–Crippen LogP) is 4.78. The third-order valence-corrected chi connectivity index (χ3v) is 4.47. The first-order valence-electron chi connectivity index (χ1n) is 9.91. The van der Waals surface area contributed by atoms with Crippen LogP contribution in [0.5, 0.6) is 17.2 Å². The van der Waals surface area contributed by atoms with Gasteiger partial charge in [-0.15, -0.1) is 0 Å². The van der Waals surface area contributed by atoms with Crippen molar-refractivity contribution in [3.8, 4) is 45.7 Å². The van der Waals surface area contributed by atoms with Gasteiger partial charge in [0.2, 0.25) is 0 Å². The molecule has 1 N–H and O–H groups in total. The summed E-state index contributed by atoms with van der Waals surface area (Å²) in [5.41, 5.74) is 2.11. The fourth-order valence-corrected chi connectivity index (χ4v) is 3.19. The average molecular weight is 404 g/mol. The molecule has 0 bridgehead atoms. The molecule has 1 heterocycles. The lowest BCUT2D eigenvalue weighted by atomic mass is 9.98. The first-order chi connectivity index (χ1) is 14.6. The maximum atomic E-state index is 12.7. The van der Waals surface area contributed by atoms with Gasteiger partial charge in [0.15, 0.2) is 0 Å². The van der Waals surface area contributed by atoms with E-state index in [4.69, 9.17) is 14.2 Å². The van der Waals surface area contributed by atoms with E-state index in [9.17, 15) is 10.1 Å². The van der Waals surface area contributed by atoms with Crippen molar-refractivity contribution in [3.05, 3.63) is 64.4 Å². The molecule has 0 aliphatic heterocycles. The molecule has 0 aliphatic carbocycles. The number of nitrogens with one attached hydrogen (secondary N) is 1. The molecule has 1 aromatic heterocycles. The second kappa shape index (κ2) is 9.66. The lowest BCUT2D eigenvalue weighted by Crippen LogP contribution is -2.13. The zero-order chi connectivity index (χ0) is 21.5. The van der Waals surface area contributed by atoms with Gasteiger partial charge in [-0.1, -0.05) is 0 Å². The Bertz CT molecular complexity index is 1110. The fourth-order valence-electron chi connectivity index (χ4n) is 3.19. The van der Waals surface area contributed by atoms with Crippen LogP contribution in [-0.4, -0.2) is 24.8 Å². The van der Waals surface area contributed by atoms with E-state index in [-0.39, 0.29) is 5.56 Å². The Kier molecular flexibility index (Phi) is 6.76. The zero-order valence-electron chi connectivity index (χ0n) is 17.3. The molecule has 0 atom stereocenters. The number of rotatable bonds is 8. The van der Waals surface area contributed by atoms with Crippen molar-refractivity contribution in [2.75, 3.05) is 19.8 Å². The van der Waals surface area contributed by atoms with Crippen LogP contribution < -0.4 is 19.8 Å². The quantitative estimate of drug-likeness (QED) is 0.584. The minimum atomic E-state index is -0.455. The Morgan fingerprint density at radius 3 is 2.10 bits per heavy atom. The van der Waals surface area contributed by atoms with E-state index in [1.807, 2.05) is 57.2 Å². The van der Waals surface area contributed by atoms with Crippen molar-refractivity contribution in [1.82, 2.24) is 4.98 Å². The maximum Gasteiger partial charge on any atom is 0.266 e. The molecule has 0 saturated carbocycles. The van der Waals surface area contributed by atoms with Crippen LogP contribution in [0.3, 0.4) is 0 Å². The highest BCUT2D eigenvalue weighted by atomic mass is 16.5. The van der Waals surface area contributed by atoms with Crippen LogP contribution in [0.25, 0.3) is 22.4 Å². The van der Waals surface area contributed by atoms with Crippen molar-refractivity contribution in [2.24, 2.45) is 0 Å². The summed E-state index contributed by atoms with van der Waals surface area (Å²) < 4.78 is 16.9. The highest BCUT2D eigenvalue weighted by Crippen LogP contribution is 2.36. The van der Waals surface area contributed by atoms with Gasteiger partial charge in [0.05, 0.1) is 19.8 Å². The molecule has 0 aliphatic rings. The van der Waals surface area contributed by atoms with Crippen molar-refractivity contribution in [3.63, 3.8) is 0 Å². The fraction of sp³-hybridized carbons (Fsp3) is 0.250. The zero-order valence-corrected chi connectivity index (χ0v) is 17.3. The van der Waals surface area contributed by atoms with Gasteiger partial charge in [0, 0.05) is 16.8 Å². The van der Waals surface area contributed by atoms with Crippen molar-refractivity contribution < 1.29 is 14.2 Å². The molecule has 0 amide bonds. The SMILES string of the molecule is CCOc1ccc(-c2cc(-c3cc(OCC)ccc3OCC)c(C#N)c(=O)[nH]2)cc1. The summed E-state index contributed by atoms with van der Waals surface area (Å²) in [6.07, 6.45) is 0. The molecule has 0 fully saturated rings. The van der Waals surface area contributed by atoms with Crippen LogP contribution in [-0.2, 0) is 0 Å². The smallest absolute Gasteiger partial charge is 0.266 e. The first kappa shape index (κ1) is 21.0. The molecule has 2 aromatic carbocycles. The predicted molar refractivity (Wildman–Crippen MR) is 116 cm³/mol. The summed E-state index contributed by atoms with van der Waals surface area (Å²) in [6.45, 7) is 7.24. The minimum absolute atomic E-state index is 0.0271. The van der Waals surface area contributed by atoms with E-state index >= 15 is 0 Å². The summed E-state index contributed by atoms with van der Waals surface area (Å²) in [5.74, 6) is 1.98. The second-order valence-corrected chi connectivity index (χ2v) is 6.39. The summed E-state index contributed by atoms with van der Waals surface area (Å²) >= 11 is 0. The van der Waals surface area contributed by atoms with E-state index in [1.165, 1.54) is 0 Å². The second-order valence-electron chi connectivity index (χ2n) is 6.39. The van der Waals surface area contributed by atoms with Gasteiger partial charge in [-0.25, -0.2) is 0 Å². The van der Waals surface area contributed by atoms with Crippen LogP contribution in [0.2, 0.25) is 0 Å². The number of H-pyrrole nitrogens is 1. The number of aromatic nitrogens is 1. The number of aromatic amines is 1. The van der Waals surface area contributed by atoms with Crippen molar-refractivity contribution in [2.45, 2.75) is 20.8 Å². The number of pyridine rings is 1. The standard InChI is InChI=1S/C24H24N2O4/c1-4-28-17-9-7-16(8-10-17)22-14-19(21(15-25)24(27)26-22)20-13-18(29-5-2)11-12-23(20)30-6-3/h7-14H,4-6H2,1-3H3,(H,26,27). The van der Waals surface area contributed by atoms with Crippen LogP contribution in [0.4, 0.5) is 0 Å². The number of hydrogen-bond acceptors (Lipinski definition) is 5. The monoisotopic (exact) mass is 404 g/mol. The third kappa shape index (κ3) is 4.47. The minimum Gasteiger partial charge on any atom is -0.494 e. The Balaban J connectivity index is 2.18. The molecule has 0 radical (unpaired) electrons. The first-order valence-corrected chi connectivity index (χ1v) is 9.91. The summed E-state index contributed by atoms with van der Waals surface area (Å²) in [4.78, 5) is 15.5. The molecule has 0 unspecified atom stereocenters. The lowest BCUT2D eigenvalue weighted by molar-refractivity contribution is 0.331. The molecular formula is C24H24N2O4. The number of nitriles is 1. The number of ether oxygens (including phenoxy) is 3. The Morgan fingerprint density at radius 2 is 1.47 bits per heavy atom. The van der Waals surface area contributed by atoms with Gasteiger partial charge >= 0.3 is 0 Å². The van der Waals surface area contributed by atoms with E-state index in [0.717, 1.165) is 11.3 Å². The number of benzene rings is 2. The van der Waals surface area contributed by atoms with Crippen molar-refractivity contribution >= 4 is 0 Å². The normalized spacial score (nSPS) is 10.3. The Morgan fingerprint density at radius 1 is 0.833 bits per heavy atom. The van der Waals surface area contributed by atoms with E-state index in [2.05, 4.69) is 4.98 Å². The molecule has 30 heavy (non-hydrogen) atoms. The van der Waals surface area contributed by atoms with E-state index in [0.29, 0.717) is 48.1 Å². The van der Waals surface area contributed by atoms with Crippen LogP contribution >= 0.6 is 0 Å². The third-order valence-electron chi connectivity index (χ3n) is 4.47. The Labute approximate surface area is 175 Å². The molecule has 6 nitrogen and oxygen atoms in total. The topological polar surface area (TPSA) is 84.3 Å². The molecule has 0 saturated heterocycles. The lowest BCUT2D eigenvalue weighted by Gasteiger charge is -2.15. The largest absolute Gasteiger partial charge is 0.494 e. The van der Waals surface area contributed by atoms with Crippen molar-refractivity contribution in [1.29, 1.82) is 5.26 Å². The summed E-state index contributed by atoms with van der Waals surface area (Å²) in [7, 11) is 0. The van der Waals surface area contributed by atoms with E-state index in [1.54, 1.807) is 18.2 Å². The molecule has 154 valence electrons. The van der Waals surface area contributed by atoms with Crippen LogP contribution in [0.1, 0.15) is 26.3 Å². The summed E-state index contributed by atoms with van der Waals surface area (Å²) in [6, 6.07) is 16.6.